The zero-order valence-corrected chi connectivity index (χ0v) is 13.0. The molecule has 0 aliphatic carbocycles. The molecule has 1 aromatic rings. The smallest absolute Gasteiger partial charge is 0.240 e. The molecule has 2 N–H and O–H groups in total. The molecule has 20 heavy (non-hydrogen) atoms. The molecule has 0 radical (unpaired) electrons. The van der Waals surface area contributed by atoms with Gasteiger partial charge in [0.15, 0.2) is 0 Å². The van der Waals surface area contributed by atoms with E-state index in [0.29, 0.717) is 10.8 Å². The van der Waals surface area contributed by atoms with Crippen molar-refractivity contribution in [1.29, 1.82) is 0 Å². The summed E-state index contributed by atoms with van der Waals surface area (Å²) in [6.07, 6.45) is 2.89. The Balaban J connectivity index is 2.09. The molecule has 4 nitrogen and oxygen atoms in total. The van der Waals surface area contributed by atoms with Crippen molar-refractivity contribution in [2.24, 2.45) is 5.92 Å². The molecule has 2 rings (SSSR count). The van der Waals surface area contributed by atoms with E-state index in [2.05, 4.69) is 23.9 Å². The topological polar surface area (TPSA) is 58.2 Å². The molecular formula is C15H24N2O2S. The van der Waals surface area contributed by atoms with Gasteiger partial charge < -0.3 is 5.32 Å². The predicted molar refractivity (Wildman–Crippen MR) is 81.2 cm³/mol. The lowest BCUT2D eigenvalue weighted by molar-refractivity contribution is 0.328. The third-order valence-corrected chi connectivity index (χ3v) is 5.37. The van der Waals surface area contributed by atoms with Gasteiger partial charge in [0, 0.05) is 6.04 Å². The van der Waals surface area contributed by atoms with Crippen molar-refractivity contribution in [2.45, 2.75) is 44.0 Å². The first kappa shape index (κ1) is 15.5. The molecule has 0 bridgehead atoms. The van der Waals surface area contributed by atoms with Crippen LogP contribution >= 0.6 is 0 Å². The minimum absolute atomic E-state index is 0.0246. The first-order chi connectivity index (χ1) is 9.53. The fourth-order valence-electron chi connectivity index (χ4n) is 2.58. The summed E-state index contributed by atoms with van der Waals surface area (Å²) >= 11 is 0. The highest BCUT2D eigenvalue weighted by atomic mass is 32.2. The van der Waals surface area contributed by atoms with E-state index in [4.69, 9.17) is 0 Å². The lowest BCUT2D eigenvalue weighted by Crippen LogP contribution is -2.48. The maximum absolute atomic E-state index is 12.4. The van der Waals surface area contributed by atoms with Gasteiger partial charge in [-0.25, -0.2) is 13.1 Å². The maximum atomic E-state index is 12.4. The summed E-state index contributed by atoms with van der Waals surface area (Å²) in [6.45, 7) is 5.92. The van der Waals surface area contributed by atoms with E-state index in [0.717, 1.165) is 32.4 Å². The quantitative estimate of drug-likeness (QED) is 0.873. The van der Waals surface area contributed by atoms with Crippen molar-refractivity contribution in [3.05, 3.63) is 29.8 Å². The van der Waals surface area contributed by atoms with Gasteiger partial charge in [0.1, 0.15) is 0 Å². The van der Waals surface area contributed by atoms with E-state index in [1.54, 1.807) is 12.1 Å². The molecule has 0 spiro atoms. The second-order valence-electron chi connectivity index (χ2n) is 5.59. The molecular weight excluding hydrogens is 272 g/mol. The molecule has 1 saturated heterocycles. The van der Waals surface area contributed by atoms with E-state index in [9.17, 15) is 8.42 Å². The number of aryl methyl sites for hydroxylation is 1. The molecule has 0 saturated carbocycles. The van der Waals surface area contributed by atoms with Crippen LogP contribution in [0.25, 0.3) is 0 Å². The van der Waals surface area contributed by atoms with Gasteiger partial charge in [0.25, 0.3) is 0 Å². The van der Waals surface area contributed by atoms with Crippen molar-refractivity contribution in [3.63, 3.8) is 0 Å². The first-order valence-corrected chi connectivity index (χ1v) is 8.83. The van der Waals surface area contributed by atoms with E-state index in [-0.39, 0.29) is 6.04 Å². The molecule has 1 heterocycles. The second kappa shape index (κ2) is 6.70. The molecule has 2 atom stereocenters. The van der Waals surface area contributed by atoms with E-state index in [1.165, 1.54) is 5.56 Å². The van der Waals surface area contributed by atoms with Crippen LogP contribution in [-0.2, 0) is 16.4 Å². The zero-order valence-electron chi connectivity index (χ0n) is 12.2. The fraction of sp³-hybridized carbons (Fsp3) is 0.600. The lowest BCUT2D eigenvalue weighted by Gasteiger charge is -2.29. The summed E-state index contributed by atoms with van der Waals surface area (Å²) in [7, 11) is -3.40. The SMILES string of the molecule is CCCc1ccc(S(=O)(=O)NC2CCNCC2C)cc1. The predicted octanol–water partition coefficient (Wildman–Crippen LogP) is 1.92. The molecule has 0 aromatic heterocycles. The number of nitrogens with one attached hydrogen (secondary N) is 2. The Morgan fingerprint density at radius 3 is 2.60 bits per heavy atom. The van der Waals surface area contributed by atoms with Gasteiger partial charge in [-0.3, -0.25) is 0 Å². The highest BCUT2D eigenvalue weighted by molar-refractivity contribution is 7.89. The zero-order chi connectivity index (χ0) is 14.6. The van der Waals surface area contributed by atoms with Crippen molar-refractivity contribution in [1.82, 2.24) is 10.0 Å². The van der Waals surface area contributed by atoms with Gasteiger partial charge in [0.2, 0.25) is 10.0 Å². The molecule has 0 amide bonds. The van der Waals surface area contributed by atoms with Crippen LogP contribution in [0.4, 0.5) is 0 Å². The summed E-state index contributed by atoms with van der Waals surface area (Å²) in [5.74, 6) is 0.317. The van der Waals surface area contributed by atoms with Crippen molar-refractivity contribution < 1.29 is 8.42 Å². The Labute approximate surface area is 122 Å². The number of hydrogen-bond acceptors (Lipinski definition) is 3. The van der Waals surface area contributed by atoms with Crippen LogP contribution in [0, 0.1) is 5.92 Å². The Kier molecular flexibility index (Phi) is 5.18. The Morgan fingerprint density at radius 2 is 2.00 bits per heavy atom. The van der Waals surface area contributed by atoms with Gasteiger partial charge in [-0.1, -0.05) is 32.4 Å². The minimum Gasteiger partial charge on any atom is -0.316 e. The number of sulfonamides is 1. The number of piperidine rings is 1. The van der Waals surface area contributed by atoms with Gasteiger partial charge in [-0.15, -0.1) is 0 Å². The van der Waals surface area contributed by atoms with E-state index in [1.807, 2.05) is 12.1 Å². The van der Waals surface area contributed by atoms with Crippen LogP contribution in [0.1, 0.15) is 32.3 Å². The normalized spacial score (nSPS) is 23.7. The number of benzene rings is 1. The first-order valence-electron chi connectivity index (χ1n) is 7.35. The van der Waals surface area contributed by atoms with Crippen LogP contribution in [0.2, 0.25) is 0 Å². The highest BCUT2D eigenvalue weighted by Crippen LogP contribution is 2.16. The number of hydrogen-bond donors (Lipinski definition) is 2. The van der Waals surface area contributed by atoms with Gasteiger partial charge in [0.05, 0.1) is 4.90 Å². The molecule has 5 heteroatoms. The summed E-state index contributed by atoms with van der Waals surface area (Å²) in [6, 6.07) is 7.25. The molecule has 1 fully saturated rings. The lowest BCUT2D eigenvalue weighted by atomic mass is 9.97. The van der Waals surface area contributed by atoms with Crippen molar-refractivity contribution in [2.75, 3.05) is 13.1 Å². The van der Waals surface area contributed by atoms with E-state index < -0.39 is 10.0 Å². The third-order valence-electron chi connectivity index (χ3n) is 3.86. The molecule has 1 aliphatic rings. The standard InChI is InChI=1S/C15H24N2O2S/c1-3-4-13-5-7-14(8-6-13)20(18,19)17-15-9-10-16-11-12(15)2/h5-8,12,15-17H,3-4,9-11H2,1-2H3. The monoisotopic (exact) mass is 296 g/mol. The highest BCUT2D eigenvalue weighted by Gasteiger charge is 2.26. The van der Waals surface area contributed by atoms with Crippen molar-refractivity contribution >= 4 is 10.0 Å². The van der Waals surface area contributed by atoms with Gasteiger partial charge >= 0.3 is 0 Å². The minimum atomic E-state index is -3.40. The molecule has 2 unspecified atom stereocenters. The van der Waals surface area contributed by atoms with Crippen LogP contribution in [0.3, 0.4) is 0 Å². The van der Waals surface area contributed by atoms with Crippen LogP contribution in [0.15, 0.2) is 29.2 Å². The molecule has 112 valence electrons. The average Bonchev–Trinajstić information content (AvgIpc) is 2.42. The summed E-state index contributed by atoms with van der Waals surface area (Å²) in [5.41, 5.74) is 1.18. The summed E-state index contributed by atoms with van der Waals surface area (Å²) < 4.78 is 27.6. The number of rotatable bonds is 5. The Bertz CT molecular complexity index is 525. The second-order valence-corrected chi connectivity index (χ2v) is 7.31. The summed E-state index contributed by atoms with van der Waals surface area (Å²) in [4.78, 5) is 0.364. The van der Waals surface area contributed by atoms with Crippen LogP contribution < -0.4 is 10.0 Å². The Hall–Kier alpha value is -0.910. The van der Waals surface area contributed by atoms with Crippen molar-refractivity contribution in [3.8, 4) is 0 Å². The average molecular weight is 296 g/mol. The molecule has 1 aliphatic heterocycles. The fourth-order valence-corrected chi connectivity index (χ4v) is 3.96. The van der Waals surface area contributed by atoms with Gasteiger partial charge in [-0.2, -0.15) is 0 Å². The van der Waals surface area contributed by atoms with Gasteiger partial charge in [-0.05, 0) is 49.5 Å². The summed E-state index contributed by atoms with van der Waals surface area (Å²) in [5, 5.41) is 3.28. The third kappa shape index (κ3) is 3.81. The largest absolute Gasteiger partial charge is 0.316 e. The van der Waals surface area contributed by atoms with E-state index >= 15 is 0 Å². The van der Waals surface area contributed by atoms with Crippen LogP contribution in [0.5, 0.6) is 0 Å². The molecule has 1 aromatic carbocycles. The van der Waals surface area contributed by atoms with Crippen LogP contribution in [-0.4, -0.2) is 27.5 Å². The maximum Gasteiger partial charge on any atom is 0.240 e. The Morgan fingerprint density at radius 1 is 1.30 bits per heavy atom.